The van der Waals surface area contributed by atoms with E-state index < -0.39 is 23.7 Å². The number of hydrogen-bond donors (Lipinski definition) is 2. The lowest BCUT2D eigenvalue weighted by Crippen LogP contribution is -2.36. The van der Waals surface area contributed by atoms with E-state index >= 15 is 0 Å². The average Bonchev–Trinajstić information content (AvgIpc) is 3.03. The Kier molecular flexibility index (Phi) is 4.99. The van der Waals surface area contributed by atoms with E-state index in [1.54, 1.807) is 12.1 Å². The molecule has 2 rings (SSSR count). The SMILES string of the molecule is O=C(CNC(=O)c1ccc(C(F)(F)F)nc1)NCc1ccco1. The molecular weight excluding hydrogens is 315 g/mol. The number of carbonyl (C=O) groups is 2. The molecule has 0 aromatic carbocycles. The van der Waals surface area contributed by atoms with Crippen LogP contribution in [0.3, 0.4) is 0 Å². The molecule has 9 heteroatoms. The van der Waals surface area contributed by atoms with Crippen molar-refractivity contribution in [1.29, 1.82) is 0 Å². The molecule has 0 aliphatic heterocycles. The zero-order valence-corrected chi connectivity index (χ0v) is 11.7. The Hall–Kier alpha value is -2.84. The minimum absolute atomic E-state index is 0.0724. The molecule has 2 aromatic heterocycles. The number of pyridine rings is 1. The van der Waals surface area contributed by atoms with E-state index in [1.165, 1.54) is 6.26 Å². The van der Waals surface area contributed by atoms with Crippen molar-refractivity contribution in [3.05, 3.63) is 53.7 Å². The van der Waals surface area contributed by atoms with Crippen molar-refractivity contribution in [1.82, 2.24) is 15.6 Å². The van der Waals surface area contributed by atoms with Gasteiger partial charge in [0.05, 0.1) is 24.9 Å². The number of halogens is 3. The van der Waals surface area contributed by atoms with Gasteiger partial charge in [-0.25, -0.2) is 0 Å². The summed E-state index contributed by atoms with van der Waals surface area (Å²) in [5.74, 6) is -0.606. The van der Waals surface area contributed by atoms with Gasteiger partial charge in [0.15, 0.2) is 0 Å². The second-order valence-corrected chi connectivity index (χ2v) is 4.47. The quantitative estimate of drug-likeness (QED) is 0.876. The number of carbonyl (C=O) groups excluding carboxylic acids is 2. The summed E-state index contributed by atoms with van der Waals surface area (Å²) in [6, 6.07) is 5.03. The normalized spacial score (nSPS) is 11.1. The minimum atomic E-state index is -4.57. The first-order valence-electron chi connectivity index (χ1n) is 6.47. The van der Waals surface area contributed by atoms with E-state index in [-0.39, 0.29) is 18.7 Å². The molecule has 2 aromatic rings. The molecule has 2 heterocycles. The highest BCUT2D eigenvalue weighted by Gasteiger charge is 2.32. The summed E-state index contributed by atoms with van der Waals surface area (Å²) in [4.78, 5) is 26.4. The minimum Gasteiger partial charge on any atom is -0.467 e. The highest BCUT2D eigenvalue weighted by Crippen LogP contribution is 2.27. The number of amides is 2. The molecule has 6 nitrogen and oxygen atoms in total. The van der Waals surface area contributed by atoms with E-state index in [0.717, 1.165) is 12.3 Å². The predicted octanol–water partition coefficient (Wildman–Crippen LogP) is 1.74. The van der Waals surface area contributed by atoms with Crippen molar-refractivity contribution < 1.29 is 27.2 Å². The van der Waals surface area contributed by atoms with Crippen LogP contribution in [0.5, 0.6) is 0 Å². The van der Waals surface area contributed by atoms with Gasteiger partial charge < -0.3 is 15.1 Å². The van der Waals surface area contributed by atoms with Crippen molar-refractivity contribution in [2.24, 2.45) is 0 Å². The number of nitrogens with zero attached hydrogens (tertiary/aromatic N) is 1. The maximum absolute atomic E-state index is 12.4. The first-order chi connectivity index (χ1) is 10.9. The molecule has 0 fully saturated rings. The number of aromatic nitrogens is 1. The Morgan fingerprint density at radius 1 is 1.17 bits per heavy atom. The largest absolute Gasteiger partial charge is 0.467 e. The van der Waals surface area contributed by atoms with E-state index in [2.05, 4.69) is 15.6 Å². The third-order valence-electron chi connectivity index (χ3n) is 2.77. The molecule has 0 aliphatic carbocycles. The van der Waals surface area contributed by atoms with Gasteiger partial charge in [-0.3, -0.25) is 14.6 Å². The Balaban J connectivity index is 1.81. The van der Waals surface area contributed by atoms with Gasteiger partial charge >= 0.3 is 6.18 Å². The summed E-state index contributed by atoms with van der Waals surface area (Å²) in [6.07, 6.45) is -2.31. The molecule has 0 radical (unpaired) electrons. The summed E-state index contributed by atoms with van der Waals surface area (Å²) in [5, 5.41) is 4.79. The van der Waals surface area contributed by atoms with Crippen LogP contribution in [0.25, 0.3) is 0 Å². The van der Waals surface area contributed by atoms with Crippen LogP contribution in [0.4, 0.5) is 13.2 Å². The maximum atomic E-state index is 12.4. The summed E-state index contributed by atoms with van der Waals surface area (Å²) < 4.78 is 42.1. The fourth-order valence-corrected chi connectivity index (χ4v) is 1.62. The molecule has 2 amide bonds. The molecule has 0 aliphatic rings. The maximum Gasteiger partial charge on any atom is 0.433 e. The van der Waals surface area contributed by atoms with Crippen LogP contribution in [-0.4, -0.2) is 23.3 Å². The monoisotopic (exact) mass is 327 g/mol. The second-order valence-electron chi connectivity index (χ2n) is 4.47. The number of alkyl halides is 3. The third-order valence-corrected chi connectivity index (χ3v) is 2.77. The van der Waals surface area contributed by atoms with Crippen molar-refractivity contribution in [3.8, 4) is 0 Å². The van der Waals surface area contributed by atoms with Gasteiger partial charge in [0, 0.05) is 6.20 Å². The van der Waals surface area contributed by atoms with Gasteiger partial charge in [0.2, 0.25) is 5.91 Å². The van der Waals surface area contributed by atoms with Crippen LogP contribution >= 0.6 is 0 Å². The fraction of sp³-hybridized carbons (Fsp3) is 0.214. The van der Waals surface area contributed by atoms with Crippen molar-refractivity contribution in [2.75, 3.05) is 6.54 Å². The lowest BCUT2D eigenvalue weighted by Gasteiger charge is -2.08. The van der Waals surface area contributed by atoms with Crippen LogP contribution in [0, 0.1) is 0 Å². The van der Waals surface area contributed by atoms with Crippen LogP contribution in [0.15, 0.2) is 41.1 Å². The van der Waals surface area contributed by atoms with Crippen LogP contribution in [0.1, 0.15) is 21.8 Å². The van der Waals surface area contributed by atoms with Crippen LogP contribution in [-0.2, 0) is 17.5 Å². The Morgan fingerprint density at radius 3 is 2.52 bits per heavy atom. The highest BCUT2D eigenvalue weighted by molar-refractivity contribution is 5.96. The Labute approximate surface area is 128 Å². The molecular formula is C14H12F3N3O3. The van der Waals surface area contributed by atoms with Crippen molar-refractivity contribution >= 4 is 11.8 Å². The van der Waals surface area contributed by atoms with E-state index in [4.69, 9.17) is 4.42 Å². The zero-order chi connectivity index (χ0) is 16.9. The highest BCUT2D eigenvalue weighted by atomic mass is 19.4. The smallest absolute Gasteiger partial charge is 0.433 e. The first kappa shape index (κ1) is 16.5. The molecule has 0 bridgehead atoms. The first-order valence-corrected chi connectivity index (χ1v) is 6.47. The molecule has 23 heavy (non-hydrogen) atoms. The Morgan fingerprint density at radius 2 is 1.96 bits per heavy atom. The molecule has 0 spiro atoms. The average molecular weight is 327 g/mol. The Bertz CT molecular complexity index is 667. The lowest BCUT2D eigenvalue weighted by atomic mass is 10.2. The molecule has 122 valence electrons. The fourth-order valence-electron chi connectivity index (χ4n) is 1.62. The van der Waals surface area contributed by atoms with Gasteiger partial charge in [0.1, 0.15) is 11.5 Å². The van der Waals surface area contributed by atoms with Crippen LogP contribution < -0.4 is 10.6 Å². The topological polar surface area (TPSA) is 84.2 Å². The molecule has 2 N–H and O–H groups in total. The van der Waals surface area contributed by atoms with Gasteiger partial charge in [-0.2, -0.15) is 13.2 Å². The predicted molar refractivity (Wildman–Crippen MR) is 72.1 cm³/mol. The van der Waals surface area contributed by atoms with Crippen LogP contribution in [0.2, 0.25) is 0 Å². The van der Waals surface area contributed by atoms with E-state index in [9.17, 15) is 22.8 Å². The van der Waals surface area contributed by atoms with Gasteiger partial charge in [-0.05, 0) is 24.3 Å². The molecule has 0 atom stereocenters. The number of rotatable bonds is 5. The summed E-state index contributed by atoms with van der Waals surface area (Å²) >= 11 is 0. The molecule has 0 saturated heterocycles. The summed E-state index contributed by atoms with van der Waals surface area (Å²) in [5.41, 5.74) is -1.16. The lowest BCUT2D eigenvalue weighted by molar-refractivity contribution is -0.141. The zero-order valence-electron chi connectivity index (χ0n) is 11.7. The molecule has 0 saturated carbocycles. The van der Waals surface area contributed by atoms with E-state index in [0.29, 0.717) is 11.8 Å². The van der Waals surface area contributed by atoms with Gasteiger partial charge in [-0.15, -0.1) is 0 Å². The van der Waals surface area contributed by atoms with Crippen molar-refractivity contribution in [3.63, 3.8) is 0 Å². The summed E-state index contributed by atoms with van der Waals surface area (Å²) in [7, 11) is 0. The van der Waals surface area contributed by atoms with Gasteiger partial charge in [-0.1, -0.05) is 0 Å². The van der Waals surface area contributed by atoms with Crippen molar-refractivity contribution in [2.45, 2.75) is 12.7 Å². The number of hydrogen-bond acceptors (Lipinski definition) is 4. The number of furan rings is 1. The molecule has 0 unspecified atom stereocenters. The summed E-state index contributed by atoms with van der Waals surface area (Å²) in [6.45, 7) is -0.149. The second kappa shape index (κ2) is 6.95. The van der Waals surface area contributed by atoms with Gasteiger partial charge in [0.25, 0.3) is 5.91 Å². The standard InChI is InChI=1S/C14H12F3N3O3/c15-14(16,17)11-4-3-9(6-18-11)13(22)20-8-12(21)19-7-10-2-1-5-23-10/h1-6H,7-8H2,(H,19,21)(H,20,22). The van der Waals surface area contributed by atoms with E-state index in [1.807, 2.05) is 0 Å². The number of nitrogens with one attached hydrogen (secondary N) is 2. The third kappa shape index (κ3) is 4.83.